The topological polar surface area (TPSA) is 85.3 Å². The molecule has 1 aromatic rings. The number of primary amides is 1. The summed E-state index contributed by atoms with van der Waals surface area (Å²) in [5.41, 5.74) is 5.51. The number of nitrogens with two attached hydrogens (primary N) is 1. The van der Waals surface area contributed by atoms with E-state index >= 15 is 0 Å². The summed E-state index contributed by atoms with van der Waals surface area (Å²) in [6.07, 6.45) is 2.96. The van der Waals surface area contributed by atoms with Gasteiger partial charge in [-0.05, 0) is 18.2 Å². The highest BCUT2D eigenvalue weighted by Gasteiger charge is 2.08. The SMILES string of the molecule is C=CCOc1cc(OC)ccc1/C=C(\C#N)C(N)=O. The third-order valence-corrected chi connectivity index (χ3v) is 2.26. The van der Waals surface area contributed by atoms with Crippen molar-refractivity contribution in [1.82, 2.24) is 0 Å². The molecule has 0 atom stereocenters. The van der Waals surface area contributed by atoms with E-state index in [1.807, 2.05) is 0 Å². The standard InChI is InChI=1S/C14H14N2O3/c1-3-6-19-13-8-12(18-2)5-4-10(13)7-11(9-15)14(16)17/h3-5,7-8H,1,6H2,2H3,(H2,16,17)/b11-7+. The Morgan fingerprint density at radius 3 is 2.84 bits per heavy atom. The van der Waals surface area contributed by atoms with E-state index in [0.717, 1.165) is 0 Å². The Bertz CT molecular complexity index is 556. The zero-order valence-electron chi connectivity index (χ0n) is 10.6. The molecule has 1 rings (SSSR count). The Hall–Kier alpha value is -2.74. The molecule has 0 spiro atoms. The lowest BCUT2D eigenvalue weighted by molar-refractivity contribution is -0.114. The predicted octanol–water partition coefficient (Wildman–Crippen LogP) is 1.65. The molecule has 0 aromatic heterocycles. The maximum atomic E-state index is 11.0. The minimum absolute atomic E-state index is 0.145. The van der Waals surface area contributed by atoms with Gasteiger partial charge in [-0.1, -0.05) is 12.7 Å². The number of nitriles is 1. The lowest BCUT2D eigenvalue weighted by atomic mass is 10.1. The smallest absolute Gasteiger partial charge is 0.259 e. The van der Waals surface area contributed by atoms with Crippen LogP contribution in [0.2, 0.25) is 0 Å². The van der Waals surface area contributed by atoms with E-state index < -0.39 is 5.91 Å². The number of hydrogen-bond donors (Lipinski definition) is 1. The van der Waals surface area contributed by atoms with E-state index in [1.165, 1.54) is 13.2 Å². The summed E-state index contributed by atoms with van der Waals surface area (Å²) in [5, 5.41) is 8.82. The number of amides is 1. The zero-order valence-corrected chi connectivity index (χ0v) is 10.6. The first kappa shape index (κ1) is 14.3. The number of carbonyl (C=O) groups excluding carboxylic acids is 1. The van der Waals surface area contributed by atoms with Crippen LogP contribution in [0.4, 0.5) is 0 Å². The third kappa shape index (κ3) is 3.89. The number of methoxy groups -OCH3 is 1. The van der Waals surface area contributed by atoms with Gasteiger partial charge in [-0.15, -0.1) is 0 Å². The summed E-state index contributed by atoms with van der Waals surface area (Å²) in [5.74, 6) is 0.301. The van der Waals surface area contributed by atoms with Crippen molar-refractivity contribution in [2.45, 2.75) is 0 Å². The quantitative estimate of drug-likeness (QED) is 0.477. The van der Waals surface area contributed by atoms with E-state index in [9.17, 15) is 4.79 Å². The van der Waals surface area contributed by atoms with Gasteiger partial charge >= 0.3 is 0 Å². The molecule has 0 radical (unpaired) electrons. The molecule has 0 aliphatic carbocycles. The van der Waals surface area contributed by atoms with E-state index in [-0.39, 0.29) is 5.57 Å². The van der Waals surface area contributed by atoms with E-state index in [1.54, 1.807) is 30.3 Å². The fourth-order valence-electron chi connectivity index (χ4n) is 1.35. The van der Waals surface area contributed by atoms with Crippen LogP contribution < -0.4 is 15.2 Å². The van der Waals surface area contributed by atoms with Gasteiger partial charge in [0.25, 0.3) is 5.91 Å². The van der Waals surface area contributed by atoms with E-state index in [4.69, 9.17) is 20.5 Å². The van der Waals surface area contributed by atoms with Crippen LogP contribution in [0.5, 0.6) is 11.5 Å². The van der Waals surface area contributed by atoms with Crippen molar-refractivity contribution in [1.29, 1.82) is 5.26 Å². The highest BCUT2D eigenvalue weighted by Crippen LogP contribution is 2.26. The molecule has 1 aromatic carbocycles. The minimum atomic E-state index is -0.784. The minimum Gasteiger partial charge on any atom is -0.497 e. The van der Waals surface area contributed by atoms with Crippen LogP contribution in [0, 0.1) is 11.3 Å². The molecule has 0 aliphatic heterocycles. The van der Waals surface area contributed by atoms with Gasteiger partial charge in [0, 0.05) is 11.6 Å². The first-order valence-electron chi connectivity index (χ1n) is 5.45. The Morgan fingerprint density at radius 1 is 1.58 bits per heavy atom. The van der Waals surface area contributed by atoms with Crippen molar-refractivity contribution in [2.24, 2.45) is 5.73 Å². The molecular formula is C14H14N2O3. The lowest BCUT2D eigenvalue weighted by Gasteiger charge is -2.09. The number of rotatable bonds is 6. The predicted molar refractivity (Wildman–Crippen MR) is 71.5 cm³/mol. The molecular weight excluding hydrogens is 244 g/mol. The summed E-state index contributed by atoms with van der Waals surface area (Å²) in [4.78, 5) is 11.0. The molecule has 5 heteroatoms. The van der Waals surface area contributed by atoms with Gasteiger partial charge in [-0.3, -0.25) is 4.79 Å². The van der Waals surface area contributed by atoms with E-state index in [0.29, 0.717) is 23.7 Å². The van der Waals surface area contributed by atoms with Gasteiger partial charge < -0.3 is 15.2 Å². The van der Waals surface area contributed by atoms with Crippen molar-refractivity contribution in [3.05, 3.63) is 42.0 Å². The average molecular weight is 258 g/mol. The molecule has 19 heavy (non-hydrogen) atoms. The Morgan fingerprint density at radius 2 is 2.32 bits per heavy atom. The molecule has 0 unspecified atom stereocenters. The van der Waals surface area contributed by atoms with Crippen LogP contribution >= 0.6 is 0 Å². The highest BCUT2D eigenvalue weighted by atomic mass is 16.5. The van der Waals surface area contributed by atoms with Crippen molar-refractivity contribution in [2.75, 3.05) is 13.7 Å². The van der Waals surface area contributed by atoms with Crippen LogP contribution in [0.1, 0.15) is 5.56 Å². The molecule has 0 aliphatic rings. The van der Waals surface area contributed by atoms with Gasteiger partial charge in [-0.2, -0.15) is 5.26 Å². The second kappa shape index (κ2) is 6.87. The molecule has 1 amide bonds. The molecule has 0 bridgehead atoms. The summed E-state index contributed by atoms with van der Waals surface area (Å²) in [7, 11) is 1.53. The largest absolute Gasteiger partial charge is 0.497 e. The van der Waals surface area contributed by atoms with Crippen LogP contribution in [-0.2, 0) is 4.79 Å². The number of carbonyl (C=O) groups is 1. The monoisotopic (exact) mass is 258 g/mol. The highest BCUT2D eigenvalue weighted by molar-refractivity contribution is 6.00. The summed E-state index contributed by atoms with van der Waals surface area (Å²) in [6, 6.07) is 6.77. The third-order valence-electron chi connectivity index (χ3n) is 2.26. The molecule has 2 N–H and O–H groups in total. The average Bonchev–Trinajstić information content (AvgIpc) is 2.42. The number of hydrogen-bond acceptors (Lipinski definition) is 4. The fraction of sp³-hybridized carbons (Fsp3) is 0.143. The summed E-state index contributed by atoms with van der Waals surface area (Å²) in [6.45, 7) is 3.85. The van der Waals surface area contributed by atoms with E-state index in [2.05, 4.69) is 6.58 Å². The van der Waals surface area contributed by atoms with Gasteiger partial charge in [-0.25, -0.2) is 0 Å². The molecule has 0 saturated heterocycles. The Kier molecular flexibility index (Phi) is 5.17. The summed E-state index contributed by atoms with van der Waals surface area (Å²) < 4.78 is 10.5. The first-order chi connectivity index (χ1) is 9.12. The van der Waals surface area contributed by atoms with Crippen molar-refractivity contribution >= 4 is 12.0 Å². The summed E-state index contributed by atoms with van der Waals surface area (Å²) >= 11 is 0. The van der Waals surface area contributed by atoms with Gasteiger partial charge in [0.1, 0.15) is 29.7 Å². The van der Waals surface area contributed by atoms with Crippen molar-refractivity contribution in [3.63, 3.8) is 0 Å². The van der Waals surface area contributed by atoms with Crippen LogP contribution in [0.25, 0.3) is 6.08 Å². The molecule has 0 saturated carbocycles. The second-order valence-electron chi connectivity index (χ2n) is 3.54. The van der Waals surface area contributed by atoms with Gasteiger partial charge in [0.2, 0.25) is 0 Å². The molecule has 5 nitrogen and oxygen atoms in total. The number of nitrogens with zero attached hydrogens (tertiary/aromatic N) is 1. The molecule has 0 fully saturated rings. The van der Waals surface area contributed by atoms with Crippen molar-refractivity contribution < 1.29 is 14.3 Å². The van der Waals surface area contributed by atoms with Crippen molar-refractivity contribution in [3.8, 4) is 17.6 Å². The molecule has 98 valence electrons. The van der Waals surface area contributed by atoms with Crippen LogP contribution in [0.3, 0.4) is 0 Å². The Labute approximate surface area is 111 Å². The maximum Gasteiger partial charge on any atom is 0.259 e. The molecule has 0 heterocycles. The van der Waals surface area contributed by atoms with Crippen LogP contribution in [0.15, 0.2) is 36.4 Å². The first-order valence-corrected chi connectivity index (χ1v) is 5.45. The number of ether oxygens (including phenoxy) is 2. The maximum absolute atomic E-state index is 11.0. The zero-order chi connectivity index (χ0) is 14.3. The fourth-order valence-corrected chi connectivity index (χ4v) is 1.35. The lowest BCUT2D eigenvalue weighted by Crippen LogP contribution is -2.12. The van der Waals surface area contributed by atoms with Crippen LogP contribution in [-0.4, -0.2) is 19.6 Å². The second-order valence-corrected chi connectivity index (χ2v) is 3.54. The van der Waals surface area contributed by atoms with Gasteiger partial charge in [0.15, 0.2) is 0 Å². The number of benzene rings is 1. The van der Waals surface area contributed by atoms with Gasteiger partial charge in [0.05, 0.1) is 7.11 Å². The normalized spacial score (nSPS) is 10.4. The Balaban J connectivity index is 3.22.